The molecule has 0 radical (unpaired) electrons. The molecule has 4 nitrogen and oxygen atoms in total. The van der Waals surface area contributed by atoms with Crippen molar-refractivity contribution < 1.29 is 4.42 Å². The van der Waals surface area contributed by atoms with Crippen molar-refractivity contribution in [2.24, 2.45) is 4.99 Å². The number of hydrogen-bond acceptors (Lipinski definition) is 3. The lowest BCUT2D eigenvalue weighted by Crippen LogP contribution is -2.18. The van der Waals surface area contributed by atoms with Gasteiger partial charge in [-0.25, -0.2) is 0 Å². The molecule has 0 aliphatic carbocycles. The second-order valence-corrected chi connectivity index (χ2v) is 12.2. The Morgan fingerprint density at radius 1 is 0.653 bits per heavy atom. The molecule has 9 rings (SSSR count). The van der Waals surface area contributed by atoms with Gasteiger partial charge in [-0.3, -0.25) is 4.99 Å². The predicted octanol–water partition coefficient (Wildman–Crippen LogP) is 11.4. The fraction of sp³-hybridized carbons (Fsp3) is 0.0222. The third kappa shape index (κ3) is 4.82. The zero-order valence-corrected chi connectivity index (χ0v) is 26.7. The molecule has 4 heteroatoms. The van der Waals surface area contributed by atoms with Crippen LogP contribution >= 0.6 is 0 Å². The van der Waals surface area contributed by atoms with Gasteiger partial charge in [0.25, 0.3) is 0 Å². The van der Waals surface area contributed by atoms with Gasteiger partial charge in [0.05, 0.1) is 16.7 Å². The first-order valence-electron chi connectivity index (χ1n) is 16.4. The van der Waals surface area contributed by atoms with E-state index in [4.69, 9.17) is 9.41 Å². The molecule has 0 fully saturated rings. The molecule has 0 spiro atoms. The van der Waals surface area contributed by atoms with E-state index in [1.807, 2.05) is 60.8 Å². The molecule has 0 aliphatic rings. The van der Waals surface area contributed by atoms with Crippen molar-refractivity contribution in [2.75, 3.05) is 0 Å². The smallest absolute Gasteiger partial charge is 0.160 e. The lowest BCUT2D eigenvalue weighted by Gasteiger charge is -2.19. The number of furan rings is 1. The van der Waals surface area contributed by atoms with Crippen LogP contribution in [0.1, 0.15) is 22.9 Å². The summed E-state index contributed by atoms with van der Waals surface area (Å²) in [6.07, 6.45) is 1.54. The average molecular weight is 630 g/mol. The zero-order valence-electron chi connectivity index (χ0n) is 26.7. The molecule has 2 aromatic heterocycles. The van der Waals surface area contributed by atoms with Gasteiger partial charge >= 0.3 is 0 Å². The monoisotopic (exact) mass is 629 g/mol. The number of para-hydroxylation sites is 2. The van der Waals surface area contributed by atoms with Crippen LogP contribution in [0.15, 0.2) is 179 Å². The number of fused-ring (bicyclic) bond motifs is 10. The lowest BCUT2D eigenvalue weighted by molar-refractivity contribution is 0.670. The number of hydrogen-bond donors (Lipinski definition) is 1. The molecule has 0 amide bonds. The standard InChI is InChI=1S/C45H31N3O/c1-2-38(31-17-7-4-8-18-31)47-45(46-29-30-15-5-3-6-16-30)32-25-27-33(28-26-32)48-39-23-13-11-21-36(39)41-34-19-9-10-20-35(34)42-37-22-12-14-24-40(37)49-44(42)43(41)48/h3-29,45,47H,1H2. The fourth-order valence-electron chi connectivity index (χ4n) is 7.08. The zero-order chi connectivity index (χ0) is 32.7. The first kappa shape index (κ1) is 28.6. The summed E-state index contributed by atoms with van der Waals surface area (Å²) in [6, 6.07) is 54.6. The average Bonchev–Trinajstić information content (AvgIpc) is 3.73. The molecule has 232 valence electrons. The molecule has 1 N–H and O–H groups in total. The van der Waals surface area contributed by atoms with Crippen molar-refractivity contribution in [1.82, 2.24) is 9.88 Å². The maximum absolute atomic E-state index is 6.73. The van der Waals surface area contributed by atoms with Gasteiger partial charge < -0.3 is 14.3 Å². The summed E-state index contributed by atoms with van der Waals surface area (Å²) in [5.41, 5.74) is 12.0. The summed E-state index contributed by atoms with van der Waals surface area (Å²) >= 11 is 0. The highest BCUT2D eigenvalue weighted by Crippen LogP contribution is 2.45. The van der Waals surface area contributed by atoms with Crippen LogP contribution in [0.2, 0.25) is 0 Å². The van der Waals surface area contributed by atoms with Gasteiger partial charge in [0, 0.05) is 39.0 Å². The van der Waals surface area contributed by atoms with Gasteiger partial charge in [-0.15, -0.1) is 5.73 Å². The quantitative estimate of drug-likeness (QED) is 0.141. The fourth-order valence-corrected chi connectivity index (χ4v) is 7.08. The number of nitrogens with one attached hydrogen (secondary N) is 1. The summed E-state index contributed by atoms with van der Waals surface area (Å²) in [5, 5.41) is 10.7. The van der Waals surface area contributed by atoms with E-state index < -0.39 is 0 Å². The van der Waals surface area contributed by atoms with Gasteiger partial charge in [-0.05, 0) is 46.2 Å². The van der Waals surface area contributed by atoms with Gasteiger partial charge in [0.1, 0.15) is 11.7 Å². The van der Waals surface area contributed by atoms with Crippen LogP contribution in [0.25, 0.3) is 65.9 Å². The second-order valence-electron chi connectivity index (χ2n) is 12.2. The highest BCUT2D eigenvalue weighted by atomic mass is 16.3. The Bertz CT molecular complexity index is 2730. The van der Waals surface area contributed by atoms with Crippen molar-refractivity contribution in [2.45, 2.75) is 6.17 Å². The Balaban J connectivity index is 1.24. The van der Waals surface area contributed by atoms with E-state index in [1.54, 1.807) is 0 Å². The SMILES string of the molecule is C=C=C(NC(N=Cc1ccccc1)c1ccc(-n2c3ccccc3c3c4ccccc4c4c5ccccc5oc4c32)cc1)c1ccccc1. The van der Waals surface area contributed by atoms with E-state index in [2.05, 4.69) is 125 Å². The minimum absolute atomic E-state index is 0.372. The Kier molecular flexibility index (Phi) is 6.93. The summed E-state index contributed by atoms with van der Waals surface area (Å²) in [7, 11) is 0. The van der Waals surface area contributed by atoms with E-state index in [9.17, 15) is 0 Å². The number of aromatic nitrogens is 1. The number of aliphatic imine (C=N–C) groups is 1. The predicted molar refractivity (Wildman–Crippen MR) is 204 cm³/mol. The van der Waals surface area contributed by atoms with Gasteiger partial charge in [0.15, 0.2) is 5.58 Å². The Hall–Kier alpha value is -6.61. The van der Waals surface area contributed by atoms with E-state index in [1.165, 1.54) is 21.5 Å². The maximum Gasteiger partial charge on any atom is 0.160 e. The van der Waals surface area contributed by atoms with Crippen LogP contribution < -0.4 is 5.32 Å². The minimum Gasteiger partial charge on any atom is -0.454 e. The molecule has 7 aromatic carbocycles. The normalized spacial score (nSPS) is 12.3. The molecule has 9 aromatic rings. The summed E-state index contributed by atoms with van der Waals surface area (Å²) in [5.74, 6) is 0. The molecule has 0 bridgehead atoms. The van der Waals surface area contributed by atoms with Crippen LogP contribution in [0.4, 0.5) is 0 Å². The van der Waals surface area contributed by atoms with Gasteiger partial charge in [0.2, 0.25) is 0 Å². The molecule has 1 unspecified atom stereocenters. The third-order valence-corrected chi connectivity index (χ3v) is 9.31. The first-order valence-corrected chi connectivity index (χ1v) is 16.4. The Labute approximate surface area is 283 Å². The van der Waals surface area contributed by atoms with E-state index in [0.717, 1.165) is 61.0 Å². The van der Waals surface area contributed by atoms with Crippen LogP contribution in [0.3, 0.4) is 0 Å². The molecule has 0 saturated heterocycles. The Morgan fingerprint density at radius 2 is 1.27 bits per heavy atom. The third-order valence-electron chi connectivity index (χ3n) is 9.31. The summed E-state index contributed by atoms with van der Waals surface area (Å²) < 4.78 is 9.08. The minimum atomic E-state index is -0.372. The highest BCUT2D eigenvalue weighted by molar-refractivity contribution is 6.35. The second kappa shape index (κ2) is 11.9. The molecule has 0 aliphatic heterocycles. The molecule has 0 saturated carbocycles. The summed E-state index contributed by atoms with van der Waals surface area (Å²) in [6.45, 7) is 3.98. The number of benzene rings is 7. The summed E-state index contributed by atoms with van der Waals surface area (Å²) in [4.78, 5) is 5.02. The molecule has 2 heterocycles. The first-order chi connectivity index (χ1) is 24.3. The highest BCUT2D eigenvalue weighted by Gasteiger charge is 2.23. The van der Waals surface area contributed by atoms with Crippen molar-refractivity contribution in [3.05, 3.63) is 187 Å². The van der Waals surface area contributed by atoms with Gasteiger partial charge in [-0.1, -0.05) is 140 Å². The lowest BCUT2D eigenvalue weighted by atomic mass is 9.99. The maximum atomic E-state index is 6.73. The topological polar surface area (TPSA) is 42.5 Å². The van der Waals surface area contributed by atoms with Crippen LogP contribution in [-0.4, -0.2) is 10.8 Å². The molecular weight excluding hydrogens is 599 g/mol. The van der Waals surface area contributed by atoms with Crippen molar-refractivity contribution in [1.29, 1.82) is 0 Å². The molecule has 49 heavy (non-hydrogen) atoms. The number of nitrogens with zero attached hydrogens (tertiary/aromatic N) is 2. The van der Waals surface area contributed by atoms with Crippen LogP contribution in [-0.2, 0) is 0 Å². The van der Waals surface area contributed by atoms with Gasteiger partial charge in [-0.2, -0.15) is 0 Å². The van der Waals surface area contributed by atoms with Crippen LogP contribution in [0, 0.1) is 0 Å². The Morgan fingerprint density at radius 3 is 2.00 bits per heavy atom. The largest absolute Gasteiger partial charge is 0.454 e. The number of rotatable bonds is 7. The van der Waals surface area contributed by atoms with E-state index in [-0.39, 0.29) is 6.17 Å². The van der Waals surface area contributed by atoms with Crippen LogP contribution in [0.5, 0.6) is 0 Å². The molecule has 1 atom stereocenters. The van der Waals surface area contributed by atoms with E-state index >= 15 is 0 Å². The molecular formula is C45H31N3O. The van der Waals surface area contributed by atoms with Crippen molar-refractivity contribution >= 4 is 66.4 Å². The van der Waals surface area contributed by atoms with Crippen molar-refractivity contribution in [3.63, 3.8) is 0 Å². The van der Waals surface area contributed by atoms with E-state index in [0.29, 0.717) is 0 Å². The van der Waals surface area contributed by atoms with Crippen molar-refractivity contribution in [3.8, 4) is 5.69 Å².